The molecule has 0 bridgehead atoms. The first-order valence-corrected chi connectivity index (χ1v) is 10.3. The molecule has 1 saturated heterocycles. The van der Waals surface area contributed by atoms with Crippen molar-refractivity contribution in [3.8, 4) is 16.9 Å². The van der Waals surface area contributed by atoms with Gasteiger partial charge in [0, 0.05) is 30.1 Å². The molecule has 5 nitrogen and oxygen atoms in total. The van der Waals surface area contributed by atoms with Crippen molar-refractivity contribution in [2.24, 2.45) is 0 Å². The van der Waals surface area contributed by atoms with Gasteiger partial charge < -0.3 is 9.64 Å². The van der Waals surface area contributed by atoms with E-state index < -0.39 is 5.82 Å². The number of para-hydroxylation sites is 1. The van der Waals surface area contributed by atoms with Gasteiger partial charge >= 0.3 is 0 Å². The molecule has 0 radical (unpaired) electrons. The second-order valence-corrected chi connectivity index (χ2v) is 7.49. The first-order valence-electron chi connectivity index (χ1n) is 10.3. The lowest BCUT2D eigenvalue weighted by Crippen LogP contribution is -2.29. The van der Waals surface area contributed by atoms with Crippen molar-refractivity contribution in [1.29, 1.82) is 0 Å². The van der Waals surface area contributed by atoms with E-state index in [1.165, 1.54) is 12.1 Å². The van der Waals surface area contributed by atoms with Crippen LogP contribution in [0.2, 0.25) is 0 Å². The predicted octanol–water partition coefficient (Wildman–Crippen LogP) is 4.73. The van der Waals surface area contributed by atoms with Crippen LogP contribution in [0.5, 0.6) is 5.75 Å². The molecule has 1 fully saturated rings. The van der Waals surface area contributed by atoms with Crippen molar-refractivity contribution >= 4 is 12.2 Å². The molecule has 1 unspecified atom stereocenters. The van der Waals surface area contributed by atoms with Gasteiger partial charge in [-0.15, -0.1) is 0 Å². The Labute approximate surface area is 180 Å². The Morgan fingerprint density at radius 2 is 2.06 bits per heavy atom. The number of rotatable bonds is 6. The molecule has 1 aromatic heterocycles. The number of hydrogen-bond donors (Lipinski definition) is 0. The molecule has 0 spiro atoms. The van der Waals surface area contributed by atoms with Crippen molar-refractivity contribution in [1.82, 2.24) is 9.88 Å². The van der Waals surface area contributed by atoms with Crippen molar-refractivity contribution in [3.05, 3.63) is 83.4 Å². The first-order chi connectivity index (χ1) is 15.1. The van der Waals surface area contributed by atoms with Crippen LogP contribution in [0.4, 0.5) is 4.39 Å². The zero-order chi connectivity index (χ0) is 21.8. The number of pyridine rings is 1. The molecule has 2 aromatic carbocycles. The van der Waals surface area contributed by atoms with Gasteiger partial charge in [0.05, 0.1) is 12.8 Å². The zero-order valence-electron chi connectivity index (χ0n) is 17.3. The molecule has 31 heavy (non-hydrogen) atoms. The quantitative estimate of drug-likeness (QED) is 0.543. The van der Waals surface area contributed by atoms with E-state index in [1.54, 1.807) is 4.90 Å². The van der Waals surface area contributed by atoms with Crippen LogP contribution in [0, 0.1) is 5.82 Å². The molecule has 1 atom stereocenters. The highest BCUT2D eigenvalue weighted by molar-refractivity contribution is 5.92. The van der Waals surface area contributed by atoms with Crippen molar-refractivity contribution < 1.29 is 18.7 Å². The minimum Gasteiger partial charge on any atom is -0.493 e. The van der Waals surface area contributed by atoms with E-state index in [-0.39, 0.29) is 17.5 Å². The Bertz CT molecular complexity index is 1100. The van der Waals surface area contributed by atoms with Crippen LogP contribution in [0.3, 0.4) is 0 Å². The molecule has 6 heteroatoms. The number of likely N-dealkylation sites (tertiary alicyclic amines) is 1. The SMILES string of the molecule is CCOc1ccccc1-c1ccc(C2CCN(C(=O)c3ccc(F)cn3)C2)c(C=O)c1. The molecule has 0 aliphatic carbocycles. The van der Waals surface area contributed by atoms with Crippen LogP contribution >= 0.6 is 0 Å². The number of aromatic nitrogens is 1. The molecule has 2 heterocycles. The lowest BCUT2D eigenvalue weighted by molar-refractivity contribution is 0.0785. The number of hydrogen-bond acceptors (Lipinski definition) is 4. The van der Waals surface area contributed by atoms with E-state index in [4.69, 9.17) is 4.74 Å². The summed E-state index contributed by atoms with van der Waals surface area (Å²) < 4.78 is 18.8. The van der Waals surface area contributed by atoms with Crippen LogP contribution in [0.25, 0.3) is 11.1 Å². The number of aldehydes is 1. The Morgan fingerprint density at radius 3 is 2.81 bits per heavy atom. The fourth-order valence-electron chi connectivity index (χ4n) is 4.07. The van der Waals surface area contributed by atoms with Crippen molar-refractivity contribution in [2.75, 3.05) is 19.7 Å². The first kappa shape index (κ1) is 20.7. The summed E-state index contributed by atoms with van der Waals surface area (Å²) >= 11 is 0. The highest BCUT2D eigenvalue weighted by Crippen LogP contribution is 2.35. The number of amides is 1. The van der Waals surface area contributed by atoms with Crippen molar-refractivity contribution in [3.63, 3.8) is 0 Å². The van der Waals surface area contributed by atoms with E-state index in [9.17, 15) is 14.0 Å². The molecule has 0 saturated carbocycles. The highest BCUT2D eigenvalue weighted by atomic mass is 19.1. The smallest absolute Gasteiger partial charge is 0.272 e. The average molecular weight is 418 g/mol. The van der Waals surface area contributed by atoms with E-state index in [2.05, 4.69) is 4.98 Å². The molecular weight excluding hydrogens is 395 g/mol. The number of nitrogens with zero attached hydrogens (tertiary/aromatic N) is 2. The third kappa shape index (κ3) is 4.33. The summed E-state index contributed by atoms with van der Waals surface area (Å²) in [5.74, 6) is 0.134. The standard InChI is InChI=1S/C25H23FN2O3/c1-2-31-24-6-4-3-5-22(24)17-7-9-21(19(13-17)16-29)18-11-12-28(15-18)25(30)23-10-8-20(26)14-27-23/h3-10,13-14,16,18H,2,11-12,15H2,1H3. The van der Waals surface area contributed by atoms with Crippen molar-refractivity contribution in [2.45, 2.75) is 19.3 Å². The molecule has 1 aliphatic rings. The lowest BCUT2D eigenvalue weighted by Gasteiger charge is -2.18. The summed E-state index contributed by atoms with van der Waals surface area (Å²) in [4.78, 5) is 30.2. The summed E-state index contributed by atoms with van der Waals surface area (Å²) in [5, 5.41) is 0. The second-order valence-electron chi connectivity index (χ2n) is 7.49. The summed E-state index contributed by atoms with van der Waals surface area (Å²) in [7, 11) is 0. The summed E-state index contributed by atoms with van der Waals surface area (Å²) in [6.07, 6.45) is 2.67. The van der Waals surface area contributed by atoms with Crippen LogP contribution in [0.15, 0.2) is 60.8 Å². The largest absolute Gasteiger partial charge is 0.493 e. The third-order valence-corrected chi connectivity index (χ3v) is 5.57. The molecular formula is C25H23FN2O3. The average Bonchev–Trinajstić information content (AvgIpc) is 3.29. The van der Waals surface area contributed by atoms with Gasteiger partial charge in [-0.2, -0.15) is 0 Å². The summed E-state index contributed by atoms with van der Waals surface area (Å²) in [6, 6.07) is 16.2. The molecule has 3 aromatic rings. The van der Waals surface area contributed by atoms with Gasteiger partial charge in [-0.1, -0.05) is 30.3 Å². The van der Waals surface area contributed by atoms with Crippen LogP contribution < -0.4 is 4.74 Å². The molecule has 158 valence electrons. The Balaban J connectivity index is 1.56. The number of benzene rings is 2. The number of halogens is 1. The topological polar surface area (TPSA) is 59.5 Å². The molecule has 4 rings (SSSR count). The maximum atomic E-state index is 13.1. The minimum atomic E-state index is -0.475. The van der Waals surface area contributed by atoms with Crippen LogP contribution in [-0.2, 0) is 0 Å². The van der Waals surface area contributed by atoms with Gasteiger partial charge in [-0.05, 0) is 48.7 Å². The fraction of sp³-hybridized carbons (Fsp3) is 0.240. The van der Waals surface area contributed by atoms with Crippen LogP contribution in [0.1, 0.15) is 45.7 Å². The van der Waals surface area contributed by atoms with E-state index in [0.29, 0.717) is 25.3 Å². The van der Waals surface area contributed by atoms with Gasteiger partial charge in [0.2, 0.25) is 0 Å². The molecule has 1 aliphatic heterocycles. The summed E-state index contributed by atoms with van der Waals surface area (Å²) in [6.45, 7) is 3.55. The van der Waals surface area contributed by atoms with Gasteiger partial charge in [0.1, 0.15) is 23.5 Å². The maximum Gasteiger partial charge on any atom is 0.272 e. The normalized spacial score (nSPS) is 15.7. The van der Waals surface area contributed by atoms with E-state index in [0.717, 1.165) is 41.3 Å². The van der Waals surface area contributed by atoms with Gasteiger partial charge in [-0.3, -0.25) is 9.59 Å². The highest BCUT2D eigenvalue weighted by Gasteiger charge is 2.30. The Hall–Kier alpha value is -3.54. The van der Waals surface area contributed by atoms with E-state index in [1.807, 2.05) is 49.4 Å². The second kappa shape index (κ2) is 9.08. The maximum absolute atomic E-state index is 13.1. The van der Waals surface area contributed by atoms with E-state index >= 15 is 0 Å². The predicted molar refractivity (Wildman–Crippen MR) is 116 cm³/mol. The Kier molecular flexibility index (Phi) is 6.07. The number of carbonyl (C=O) groups is 2. The minimum absolute atomic E-state index is 0.0563. The number of ether oxygens (including phenoxy) is 1. The van der Waals surface area contributed by atoms with Gasteiger partial charge in [0.15, 0.2) is 0 Å². The number of carbonyl (C=O) groups excluding carboxylic acids is 2. The third-order valence-electron chi connectivity index (χ3n) is 5.57. The van der Waals surface area contributed by atoms with Gasteiger partial charge in [0.25, 0.3) is 5.91 Å². The zero-order valence-corrected chi connectivity index (χ0v) is 17.3. The Morgan fingerprint density at radius 1 is 1.23 bits per heavy atom. The van der Waals surface area contributed by atoms with Crippen LogP contribution in [-0.4, -0.2) is 41.8 Å². The van der Waals surface area contributed by atoms with Gasteiger partial charge in [-0.25, -0.2) is 9.37 Å². The fourth-order valence-corrected chi connectivity index (χ4v) is 4.07. The molecule has 0 N–H and O–H groups in total. The summed E-state index contributed by atoms with van der Waals surface area (Å²) in [5.41, 5.74) is 3.61. The monoisotopic (exact) mass is 418 g/mol. The lowest BCUT2D eigenvalue weighted by atomic mass is 9.91. The molecule has 1 amide bonds.